The van der Waals surface area contributed by atoms with Gasteiger partial charge in [0.25, 0.3) is 0 Å². The second-order valence-corrected chi connectivity index (χ2v) is 4.85. The third-order valence-electron chi connectivity index (χ3n) is 3.43. The van der Waals surface area contributed by atoms with Crippen molar-refractivity contribution in [2.75, 3.05) is 25.0 Å². The van der Waals surface area contributed by atoms with Gasteiger partial charge in [-0.3, -0.25) is 14.5 Å². The number of amides is 1. The maximum atomic E-state index is 12.4. The van der Waals surface area contributed by atoms with Crippen molar-refractivity contribution >= 4 is 17.6 Å². The van der Waals surface area contributed by atoms with Crippen LogP contribution in [-0.4, -0.2) is 48.1 Å². The van der Waals surface area contributed by atoms with Crippen LogP contribution in [0.2, 0.25) is 0 Å². The minimum atomic E-state index is -0.931. The van der Waals surface area contributed by atoms with Crippen LogP contribution >= 0.6 is 0 Å². The van der Waals surface area contributed by atoms with Gasteiger partial charge in [-0.25, -0.2) is 0 Å². The highest BCUT2D eigenvalue weighted by Gasteiger charge is 2.22. The lowest BCUT2D eigenvalue weighted by Crippen LogP contribution is -2.44. The average Bonchev–Trinajstić information content (AvgIpc) is 2.40. The van der Waals surface area contributed by atoms with Crippen molar-refractivity contribution in [2.45, 2.75) is 26.8 Å². The van der Waals surface area contributed by atoms with Gasteiger partial charge in [0.2, 0.25) is 5.91 Å². The topological polar surface area (TPSA) is 60.9 Å². The van der Waals surface area contributed by atoms with Crippen LogP contribution in [0.5, 0.6) is 0 Å². The van der Waals surface area contributed by atoms with Crippen LogP contribution in [0.1, 0.15) is 19.4 Å². The molecule has 1 aromatic carbocycles. The Hall–Kier alpha value is -1.88. The van der Waals surface area contributed by atoms with E-state index < -0.39 is 12.0 Å². The van der Waals surface area contributed by atoms with Gasteiger partial charge in [-0.2, -0.15) is 0 Å². The number of benzene rings is 1. The summed E-state index contributed by atoms with van der Waals surface area (Å²) in [6, 6.07) is 6.98. The van der Waals surface area contributed by atoms with Crippen molar-refractivity contribution in [3.05, 3.63) is 29.8 Å². The van der Waals surface area contributed by atoms with E-state index in [2.05, 4.69) is 0 Å². The molecular weight excluding hydrogens is 256 g/mol. The molecule has 0 aliphatic rings. The summed E-state index contributed by atoms with van der Waals surface area (Å²) in [6.45, 7) is 6.06. The van der Waals surface area contributed by atoms with Crippen LogP contribution in [0.25, 0.3) is 0 Å². The number of anilines is 1. The van der Waals surface area contributed by atoms with Gasteiger partial charge in [0.05, 0.1) is 6.54 Å². The van der Waals surface area contributed by atoms with Crippen LogP contribution in [0.3, 0.4) is 0 Å². The normalized spacial score (nSPS) is 12.2. The summed E-state index contributed by atoms with van der Waals surface area (Å²) in [6.07, 6.45) is 0. The molecule has 0 fully saturated rings. The zero-order valence-corrected chi connectivity index (χ0v) is 12.5. The van der Waals surface area contributed by atoms with Gasteiger partial charge in [-0.05, 0) is 39.4 Å². The highest BCUT2D eigenvalue weighted by molar-refractivity contribution is 5.95. The molecule has 0 bridgehead atoms. The van der Waals surface area contributed by atoms with E-state index in [-0.39, 0.29) is 12.5 Å². The lowest BCUT2D eigenvalue weighted by Gasteiger charge is -2.27. The molecule has 0 aliphatic carbocycles. The minimum absolute atomic E-state index is 0.0790. The predicted molar refractivity (Wildman–Crippen MR) is 78.9 cm³/mol. The Bertz CT molecular complexity index is 488. The number of carboxylic acids is 1. The fraction of sp³-hybridized carbons (Fsp3) is 0.467. The molecule has 0 saturated heterocycles. The number of carbonyl (C=O) groups excluding carboxylic acids is 1. The molecule has 5 nitrogen and oxygen atoms in total. The number of nitrogens with zero attached hydrogens (tertiary/aromatic N) is 2. The van der Waals surface area contributed by atoms with Gasteiger partial charge >= 0.3 is 5.97 Å². The summed E-state index contributed by atoms with van der Waals surface area (Å²) in [4.78, 5) is 26.5. The number of hydrogen-bond donors (Lipinski definition) is 1. The summed E-state index contributed by atoms with van der Waals surface area (Å²) in [5.74, 6) is -1.03. The molecule has 1 N–H and O–H groups in total. The molecule has 1 atom stereocenters. The monoisotopic (exact) mass is 278 g/mol. The number of aliphatic carboxylic acids is 1. The van der Waals surface area contributed by atoms with E-state index in [0.29, 0.717) is 6.54 Å². The summed E-state index contributed by atoms with van der Waals surface area (Å²) in [7, 11) is 1.64. The van der Waals surface area contributed by atoms with Crippen molar-refractivity contribution in [3.8, 4) is 0 Å². The quantitative estimate of drug-likeness (QED) is 0.861. The number of aryl methyl sites for hydroxylation is 1. The third kappa shape index (κ3) is 3.81. The SMILES string of the molecule is CCN(C(=O)CN(C)C(C)C(=O)O)c1ccccc1C. The number of para-hydroxylation sites is 1. The van der Waals surface area contributed by atoms with Gasteiger partial charge in [0.15, 0.2) is 0 Å². The maximum absolute atomic E-state index is 12.4. The molecule has 0 heterocycles. The zero-order valence-electron chi connectivity index (χ0n) is 12.5. The van der Waals surface area contributed by atoms with Crippen LogP contribution in [0, 0.1) is 6.92 Å². The minimum Gasteiger partial charge on any atom is -0.480 e. The Morgan fingerprint density at radius 3 is 2.40 bits per heavy atom. The molecule has 1 unspecified atom stereocenters. The second kappa shape index (κ2) is 7.05. The molecule has 1 rings (SSSR count). The second-order valence-electron chi connectivity index (χ2n) is 4.85. The molecule has 20 heavy (non-hydrogen) atoms. The molecule has 5 heteroatoms. The maximum Gasteiger partial charge on any atom is 0.320 e. The molecule has 0 spiro atoms. The number of carbonyl (C=O) groups is 2. The van der Waals surface area contributed by atoms with Crippen molar-refractivity contribution in [3.63, 3.8) is 0 Å². The first kappa shape index (κ1) is 16.2. The fourth-order valence-electron chi connectivity index (χ4n) is 1.97. The van der Waals surface area contributed by atoms with E-state index in [1.807, 2.05) is 38.1 Å². The van der Waals surface area contributed by atoms with Gasteiger partial charge in [0.1, 0.15) is 6.04 Å². The van der Waals surface area contributed by atoms with Crippen molar-refractivity contribution in [1.82, 2.24) is 4.90 Å². The van der Waals surface area contributed by atoms with E-state index in [0.717, 1.165) is 11.3 Å². The molecule has 0 radical (unpaired) electrons. The molecule has 1 aromatic rings. The molecule has 0 aromatic heterocycles. The van der Waals surface area contributed by atoms with E-state index >= 15 is 0 Å². The largest absolute Gasteiger partial charge is 0.480 e. The number of rotatable bonds is 6. The van der Waals surface area contributed by atoms with E-state index in [9.17, 15) is 9.59 Å². The Morgan fingerprint density at radius 1 is 1.30 bits per heavy atom. The van der Waals surface area contributed by atoms with E-state index in [4.69, 9.17) is 5.11 Å². The van der Waals surface area contributed by atoms with E-state index in [1.54, 1.807) is 18.9 Å². The molecular formula is C15H22N2O3. The lowest BCUT2D eigenvalue weighted by atomic mass is 10.1. The van der Waals surface area contributed by atoms with Gasteiger partial charge < -0.3 is 10.0 Å². The number of hydrogen-bond acceptors (Lipinski definition) is 3. The third-order valence-corrected chi connectivity index (χ3v) is 3.43. The summed E-state index contributed by atoms with van der Waals surface area (Å²) < 4.78 is 0. The first-order chi connectivity index (χ1) is 9.38. The average molecular weight is 278 g/mol. The number of likely N-dealkylation sites (N-methyl/N-ethyl adjacent to an activating group) is 2. The Balaban J connectivity index is 2.84. The summed E-state index contributed by atoms with van der Waals surface area (Å²) in [5, 5.41) is 8.96. The van der Waals surface area contributed by atoms with Gasteiger partial charge in [-0.15, -0.1) is 0 Å². The van der Waals surface area contributed by atoms with Crippen LogP contribution in [-0.2, 0) is 9.59 Å². The van der Waals surface area contributed by atoms with Crippen LogP contribution in [0.4, 0.5) is 5.69 Å². The van der Waals surface area contributed by atoms with Crippen molar-refractivity contribution in [1.29, 1.82) is 0 Å². The van der Waals surface area contributed by atoms with Crippen molar-refractivity contribution in [2.24, 2.45) is 0 Å². The Labute approximate surface area is 119 Å². The molecule has 110 valence electrons. The zero-order chi connectivity index (χ0) is 15.3. The smallest absolute Gasteiger partial charge is 0.320 e. The highest BCUT2D eigenvalue weighted by atomic mass is 16.4. The highest BCUT2D eigenvalue weighted by Crippen LogP contribution is 2.19. The molecule has 0 aliphatic heterocycles. The van der Waals surface area contributed by atoms with Gasteiger partial charge in [-0.1, -0.05) is 18.2 Å². The molecule has 0 saturated carbocycles. The van der Waals surface area contributed by atoms with E-state index in [1.165, 1.54) is 4.90 Å². The standard InChI is InChI=1S/C15H22N2O3/c1-5-17(13-9-7-6-8-11(13)2)14(18)10-16(4)12(3)15(19)20/h6-9,12H,5,10H2,1-4H3,(H,19,20). The Kier molecular flexibility index (Phi) is 5.70. The summed E-state index contributed by atoms with van der Waals surface area (Å²) >= 11 is 0. The van der Waals surface area contributed by atoms with Crippen LogP contribution in [0.15, 0.2) is 24.3 Å². The first-order valence-corrected chi connectivity index (χ1v) is 6.67. The fourth-order valence-corrected chi connectivity index (χ4v) is 1.97. The first-order valence-electron chi connectivity index (χ1n) is 6.67. The lowest BCUT2D eigenvalue weighted by molar-refractivity contribution is -0.142. The predicted octanol–water partition coefficient (Wildman–Crippen LogP) is 1.75. The number of carboxylic acid groups (broad SMARTS) is 1. The van der Waals surface area contributed by atoms with Crippen LogP contribution < -0.4 is 4.90 Å². The summed E-state index contributed by atoms with van der Waals surface area (Å²) in [5.41, 5.74) is 1.90. The van der Waals surface area contributed by atoms with Crippen molar-refractivity contribution < 1.29 is 14.7 Å². The molecule has 1 amide bonds. The van der Waals surface area contributed by atoms with Gasteiger partial charge in [0, 0.05) is 12.2 Å². The Morgan fingerprint density at radius 2 is 1.90 bits per heavy atom.